The molecule has 0 aromatic rings. The van der Waals surface area contributed by atoms with E-state index in [-0.39, 0.29) is 38.6 Å². The van der Waals surface area contributed by atoms with Crippen LogP contribution in [0.1, 0.15) is 206 Å². The number of carbonyl (C=O) groups excluding carboxylic acids is 2. The highest BCUT2D eigenvalue weighted by Gasteiger charge is 2.25. The van der Waals surface area contributed by atoms with E-state index in [0.29, 0.717) is 17.4 Å². The first-order valence-electron chi connectivity index (χ1n) is 26.1. The molecular weight excluding hydrogens is 815 g/mol. The number of aliphatic carboxylic acids is 1. The molecule has 0 spiro atoms. The Labute approximate surface area is 398 Å². The Bertz CT molecular complexity index is 1290. The van der Waals surface area contributed by atoms with Crippen molar-refractivity contribution in [2.75, 3.05) is 47.5 Å². The van der Waals surface area contributed by atoms with E-state index in [4.69, 9.17) is 18.9 Å². The first kappa shape index (κ1) is 61.7. The van der Waals surface area contributed by atoms with E-state index in [1.807, 2.05) is 21.1 Å². The van der Waals surface area contributed by atoms with Gasteiger partial charge in [0, 0.05) is 12.8 Å². The van der Waals surface area contributed by atoms with E-state index in [2.05, 4.69) is 86.8 Å². The molecule has 9 heteroatoms. The maximum atomic E-state index is 12.8. The van der Waals surface area contributed by atoms with E-state index in [0.717, 1.165) is 89.9 Å². The average Bonchev–Trinajstić information content (AvgIpc) is 3.27. The number of carboxylic acid groups (broad SMARTS) is 1. The lowest BCUT2D eigenvalue weighted by Gasteiger charge is -2.25. The van der Waals surface area contributed by atoms with Crippen molar-refractivity contribution >= 4 is 17.9 Å². The second kappa shape index (κ2) is 47.2. The van der Waals surface area contributed by atoms with Gasteiger partial charge in [0.1, 0.15) is 13.2 Å². The van der Waals surface area contributed by atoms with E-state index >= 15 is 0 Å². The SMILES string of the molecule is CC/C=C\C/C=C\C/C=C\C/C=C\CCCCCCCCCCCCCCCCC(=O)OC(COC(=O)CCCCCCC/C=C\C/C=C\CCC)COC(OCC[N+](C)(C)C)C(=O)O. The van der Waals surface area contributed by atoms with Crippen LogP contribution in [0.3, 0.4) is 0 Å². The molecule has 65 heavy (non-hydrogen) atoms. The molecule has 0 saturated carbocycles. The average molecular weight is 913 g/mol. The van der Waals surface area contributed by atoms with Gasteiger partial charge in [-0.2, -0.15) is 0 Å². The fourth-order valence-electron chi connectivity index (χ4n) is 6.92. The molecule has 0 bridgehead atoms. The number of hydrogen-bond donors (Lipinski definition) is 1. The van der Waals surface area contributed by atoms with Gasteiger partial charge in [-0.3, -0.25) is 9.59 Å². The molecule has 0 aromatic heterocycles. The molecule has 0 heterocycles. The Morgan fingerprint density at radius 1 is 0.477 bits per heavy atom. The summed E-state index contributed by atoms with van der Waals surface area (Å²) in [6.45, 7) is 4.68. The largest absolute Gasteiger partial charge is 0.477 e. The topological polar surface area (TPSA) is 108 Å². The van der Waals surface area contributed by atoms with Crippen molar-refractivity contribution in [1.82, 2.24) is 0 Å². The van der Waals surface area contributed by atoms with Crippen molar-refractivity contribution in [3.63, 3.8) is 0 Å². The highest BCUT2D eigenvalue weighted by Crippen LogP contribution is 2.15. The number of likely N-dealkylation sites (N-methyl/N-ethyl adjacent to an activating group) is 1. The molecular formula is C56H98NO8+. The first-order chi connectivity index (χ1) is 31.6. The summed E-state index contributed by atoms with van der Waals surface area (Å²) in [7, 11) is 5.95. The van der Waals surface area contributed by atoms with Crippen molar-refractivity contribution in [1.29, 1.82) is 0 Å². The van der Waals surface area contributed by atoms with Crippen molar-refractivity contribution in [3.05, 3.63) is 72.9 Å². The smallest absolute Gasteiger partial charge is 0.361 e. The summed E-state index contributed by atoms with van der Waals surface area (Å²) in [4.78, 5) is 37.2. The number of allylic oxidation sites excluding steroid dienone is 12. The number of carbonyl (C=O) groups is 3. The summed E-state index contributed by atoms with van der Waals surface area (Å²) in [6.07, 6.45) is 56.9. The Hall–Kier alpha value is -3.27. The number of esters is 2. The molecule has 0 saturated heterocycles. The number of nitrogens with zero attached hydrogens (tertiary/aromatic N) is 1. The molecule has 374 valence electrons. The van der Waals surface area contributed by atoms with Gasteiger partial charge in [-0.1, -0.05) is 189 Å². The van der Waals surface area contributed by atoms with Crippen molar-refractivity contribution in [3.8, 4) is 0 Å². The highest BCUT2D eigenvalue weighted by atomic mass is 16.7. The van der Waals surface area contributed by atoms with Crippen molar-refractivity contribution < 1.29 is 42.9 Å². The quantitative estimate of drug-likeness (QED) is 0.0211. The van der Waals surface area contributed by atoms with Crippen LogP contribution in [0.2, 0.25) is 0 Å². The summed E-state index contributed by atoms with van der Waals surface area (Å²) in [5.74, 6) is -2.03. The second-order valence-corrected chi connectivity index (χ2v) is 18.4. The minimum absolute atomic E-state index is 0.183. The standard InChI is InChI=1S/C56H97NO8/c1-6-8-10-12-14-16-18-20-21-22-23-24-25-26-27-28-29-30-31-32-33-35-37-39-41-43-45-47-54(59)65-52(51-64-56(55(60)61)62-49-48-57(3,4)5)50-63-53(58)46-44-42-40-38-36-34-19-17-15-13-11-9-7-2/h8,10-11,13-14,16-17,19-21,23-24,52,56H,6-7,9,12,15,18,22,25-51H2,1-5H3/p+1/b10-8-,13-11-,16-14-,19-17-,21-20-,24-23-. The minimum Gasteiger partial charge on any atom is -0.477 e. The molecule has 9 nitrogen and oxygen atoms in total. The summed E-state index contributed by atoms with van der Waals surface area (Å²) in [5.41, 5.74) is 0. The summed E-state index contributed by atoms with van der Waals surface area (Å²) < 4.78 is 22.8. The van der Waals surface area contributed by atoms with Crippen LogP contribution in [0, 0.1) is 0 Å². The number of carboxylic acids is 1. The van der Waals surface area contributed by atoms with Crippen LogP contribution in [0.15, 0.2) is 72.9 Å². The molecule has 0 fully saturated rings. The lowest BCUT2D eigenvalue weighted by Crippen LogP contribution is -2.40. The molecule has 2 atom stereocenters. The number of rotatable bonds is 47. The third-order valence-electron chi connectivity index (χ3n) is 10.9. The predicted octanol–water partition coefficient (Wildman–Crippen LogP) is 14.7. The monoisotopic (exact) mass is 913 g/mol. The van der Waals surface area contributed by atoms with Gasteiger partial charge in [0.15, 0.2) is 6.10 Å². The van der Waals surface area contributed by atoms with Gasteiger partial charge in [-0.15, -0.1) is 0 Å². The van der Waals surface area contributed by atoms with Gasteiger partial charge in [0.2, 0.25) is 0 Å². The fraction of sp³-hybridized carbons (Fsp3) is 0.732. The molecule has 0 radical (unpaired) electrons. The van der Waals surface area contributed by atoms with E-state index in [1.165, 1.54) is 83.5 Å². The molecule has 0 aliphatic carbocycles. The van der Waals surface area contributed by atoms with Gasteiger partial charge < -0.3 is 28.5 Å². The van der Waals surface area contributed by atoms with E-state index < -0.39 is 24.3 Å². The van der Waals surface area contributed by atoms with Crippen molar-refractivity contribution in [2.24, 2.45) is 0 Å². The highest BCUT2D eigenvalue weighted by molar-refractivity contribution is 5.71. The normalized spacial score (nSPS) is 13.4. The van der Waals surface area contributed by atoms with Gasteiger partial charge in [0.05, 0.1) is 34.4 Å². The Morgan fingerprint density at radius 2 is 0.877 bits per heavy atom. The molecule has 0 aromatic carbocycles. The van der Waals surface area contributed by atoms with Crippen LogP contribution in [0.25, 0.3) is 0 Å². The lowest BCUT2D eigenvalue weighted by molar-refractivity contribution is -0.870. The third kappa shape index (κ3) is 48.5. The van der Waals surface area contributed by atoms with Gasteiger partial charge in [0.25, 0.3) is 6.29 Å². The third-order valence-corrected chi connectivity index (χ3v) is 10.9. The predicted molar refractivity (Wildman–Crippen MR) is 272 cm³/mol. The zero-order chi connectivity index (χ0) is 47.7. The number of quaternary nitrogens is 1. The minimum atomic E-state index is -1.51. The Balaban J connectivity index is 4.24. The van der Waals surface area contributed by atoms with Gasteiger partial charge in [-0.05, 0) is 77.0 Å². The molecule has 0 aliphatic rings. The molecule has 0 aliphatic heterocycles. The van der Waals surface area contributed by atoms with Crippen LogP contribution in [0.5, 0.6) is 0 Å². The van der Waals surface area contributed by atoms with Crippen LogP contribution < -0.4 is 0 Å². The van der Waals surface area contributed by atoms with Crippen LogP contribution >= 0.6 is 0 Å². The first-order valence-corrected chi connectivity index (χ1v) is 26.1. The maximum Gasteiger partial charge on any atom is 0.361 e. The van der Waals surface area contributed by atoms with Crippen LogP contribution in [-0.2, 0) is 33.3 Å². The van der Waals surface area contributed by atoms with Gasteiger partial charge in [-0.25, -0.2) is 4.79 Å². The fourth-order valence-corrected chi connectivity index (χ4v) is 6.92. The van der Waals surface area contributed by atoms with Crippen LogP contribution in [0.4, 0.5) is 0 Å². The summed E-state index contributed by atoms with van der Waals surface area (Å²) in [6, 6.07) is 0. The van der Waals surface area contributed by atoms with Crippen molar-refractivity contribution in [2.45, 2.75) is 219 Å². The molecule has 2 unspecified atom stereocenters. The summed E-state index contributed by atoms with van der Waals surface area (Å²) >= 11 is 0. The van der Waals surface area contributed by atoms with E-state index in [9.17, 15) is 19.5 Å². The number of ether oxygens (including phenoxy) is 4. The zero-order valence-electron chi connectivity index (χ0n) is 42.4. The second-order valence-electron chi connectivity index (χ2n) is 18.4. The van der Waals surface area contributed by atoms with Gasteiger partial charge >= 0.3 is 17.9 Å². The lowest BCUT2D eigenvalue weighted by atomic mass is 10.0. The molecule has 0 amide bonds. The number of unbranched alkanes of at least 4 members (excludes halogenated alkanes) is 20. The Kier molecular flexibility index (Phi) is 44.9. The van der Waals surface area contributed by atoms with E-state index in [1.54, 1.807) is 0 Å². The maximum absolute atomic E-state index is 12.8. The molecule has 1 N–H and O–H groups in total. The summed E-state index contributed by atoms with van der Waals surface area (Å²) in [5, 5.41) is 9.66. The Morgan fingerprint density at radius 3 is 1.31 bits per heavy atom. The van der Waals surface area contributed by atoms with Crippen LogP contribution in [-0.4, -0.2) is 87.4 Å². The zero-order valence-corrected chi connectivity index (χ0v) is 42.4. The number of hydrogen-bond acceptors (Lipinski definition) is 7. The molecule has 0 rings (SSSR count).